The molecular weight excluding hydrogens is 446 g/mol. The standard InChI is InChI=1S/C23H29N3O6S/c1-31-19-9-11-21(12-10-19)33(29,30)26-15-4-3-7-18(26)13-14-24-22(27)23(28)25-17-6-5-8-20(16-17)32-2/h5-6,8-12,16,18H,3-4,7,13-15H2,1-2H3,(H,24,27)(H,25,28)/t18-/m1/s1. The van der Waals surface area contributed by atoms with E-state index in [1.807, 2.05) is 0 Å². The van der Waals surface area contributed by atoms with Crippen LogP contribution >= 0.6 is 0 Å². The third kappa shape index (κ3) is 6.23. The summed E-state index contributed by atoms with van der Waals surface area (Å²) in [7, 11) is -0.642. The van der Waals surface area contributed by atoms with Gasteiger partial charge in [0.1, 0.15) is 11.5 Å². The topological polar surface area (TPSA) is 114 Å². The van der Waals surface area contributed by atoms with Crippen LogP contribution in [0.4, 0.5) is 5.69 Å². The highest BCUT2D eigenvalue weighted by Gasteiger charge is 2.33. The zero-order chi connectivity index (χ0) is 23.8. The Morgan fingerprint density at radius 1 is 1.00 bits per heavy atom. The van der Waals surface area contributed by atoms with Gasteiger partial charge in [-0.1, -0.05) is 12.5 Å². The van der Waals surface area contributed by atoms with Crippen LogP contribution in [-0.4, -0.2) is 57.9 Å². The molecule has 10 heteroatoms. The smallest absolute Gasteiger partial charge is 0.313 e. The lowest BCUT2D eigenvalue weighted by Crippen LogP contribution is -2.45. The Hall–Kier alpha value is -3.11. The van der Waals surface area contributed by atoms with Gasteiger partial charge in [0.2, 0.25) is 10.0 Å². The first-order chi connectivity index (χ1) is 15.8. The van der Waals surface area contributed by atoms with Crippen LogP contribution in [0.5, 0.6) is 11.5 Å². The predicted molar refractivity (Wildman–Crippen MR) is 124 cm³/mol. The number of rotatable bonds is 8. The summed E-state index contributed by atoms with van der Waals surface area (Å²) < 4.78 is 38.1. The van der Waals surface area contributed by atoms with Crippen LogP contribution in [0.2, 0.25) is 0 Å². The normalized spacial score (nSPS) is 16.6. The molecule has 0 saturated carbocycles. The molecule has 2 aromatic carbocycles. The first-order valence-corrected chi connectivity index (χ1v) is 12.2. The minimum atomic E-state index is -3.68. The molecule has 0 bridgehead atoms. The van der Waals surface area contributed by atoms with E-state index in [2.05, 4.69) is 10.6 Å². The van der Waals surface area contributed by atoms with Crippen molar-refractivity contribution < 1.29 is 27.5 Å². The Morgan fingerprint density at radius 2 is 1.73 bits per heavy atom. The van der Waals surface area contributed by atoms with Crippen molar-refractivity contribution in [1.82, 2.24) is 9.62 Å². The molecule has 178 valence electrons. The SMILES string of the molecule is COc1ccc(S(=O)(=O)N2CCCC[C@@H]2CCNC(=O)C(=O)Nc2cccc(OC)c2)cc1. The summed E-state index contributed by atoms with van der Waals surface area (Å²) in [4.78, 5) is 24.6. The maximum absolute atomic E-state index is 13.2. The van der Waals surface area contributed by atoms with Crippen molar-refractivity contribution in [3.63, 3.8) is 0 Å². The minimum Gasteiger partial charge on any atom is -0.497 e. The fourth-order valence-corrected chi connectivity index (χ4v) is 5.51. The molecule has 2 N–H and O–H groups in total. The number of nitrogens with zero attached hydrogens (tertiary/aromatic N) is 1. The van der Waals surface area contributed by atoms with Gasteiger partial charge in [-0.25, -0.2) is 8.42 Å². The molecule has 1 fully saturated rings. The summed E-state index contributed by atoms with van der Waals surface area (Å²) in [5.41, 5.74) is 0.443. The molecule has 33 heavy (non-hydrogen) atoms. The van der Waals surface area contributed by atoms with E-state index in [4.69, 9.17) is 9.47 Å². The number of nitrogens with one attached hydrogen (secondary N) is 2. The van der Waals surface area contributed by atoms with E-state index in [9.17, 15) is 18.0 Å². The highest BCUT2D eigenvalue weighted by molar-refractivity contribution is 7.89. The molecule has 9 nitrogen and oxygen atoms in total. The first kappa shape index (κ1) is 24.5. The van der Waals surface area contributed by atoms with Crippen LogP contribution in [0.3, 0.4) is 0 Å². The lowest BCUT2D eigenvalue weighted by Gasteiger charge is -2.34. The molecule has 2 aromatic rings. The van der Waals surface area contributed by atoms with Crippen LogP contribution < -0.4 is 20.1 Å². The molecule has 1 aliphatic rings. The van der Waals surface area contributed by atoms with Gasteiger partial charge in [-0.15, -0.1) is 0 Å². The van der Waals surface area contributed by atoms with Crippen molar-refractivity contribution in [1.29, 1.82) is 0 Å². The van der Waals surface area contributed by atoms with Crippen molar-refractivity contribution >= 4 is 27.5 Å². The number of carbonyl (C=O) groups excluding carboxylic acids is 2. The van der Waals surface area contributed by atoms with Gasteiger partial charge in [0, 0.05) is 30.9 Å². The summed E-state index contributed by atoms with van der Waals surface area (Å²) in [5.74, 6) is -0.435. The fourth-order valence-electron chi connectivity index (χ4n) is 3.78. The molecule has 0 radical (unpaired) electrons. The summed E-state index contributed by atoms with van der Waals surface area (Å²) in [5, 5.41) is 5.11. The second-order valence-electron chi connectivity index (χ2n) is 7.67. The molecule has 0 unspecified atom stereocenters. The molecule has 1 atom stereocenters. The second kappa shape index (κ2) is 11.2. The van der Waals surface area contributed by atoms with Gasteiger partial charge in [-0.3, -0.25) is 9.59 Å². The fraction of sp³-hybridized carbons (Fsp3) is 0.391. The van der Waals surface area contributed by atoms with Crippen molar-refractivity contribution in [3.05, 3.63) is 48.5 Å². The van der Waals surface area contributed by atoms with Crippen LogP contribution in [-0.2, 0) is 19.6 Å². The lowest BCUT2D eigenvalue weighted by atomic mass is 10.0. The number of piperidine rings is 1. The van der Waals surface area contributed by atoms with E-state index >= 15 is 0 Å². The van der Waals surface area contributed by atoms with E-state index in [1.54, 1.807) is 36.4 Å². The number of hydrogen-bond acceptors (Lipinski definition) is 6. The quantitative estimate of drug-likeness (QED) is 0.567. The van der Waals surface area contributed by atoms with E-state index in [0.29, 0.717) is 36.6 Å². The van der Waals surface area contributed by atoms with E-state index in [0.717, 1.165) is 12.8 Å². The average molecular weight is 476 g/mol. The van der Waals surface area contributed by atoms with Crippen molar-refractivity contribution in [3.8, 4) is 11.5 Å². The van der Waals surface area contributed by atoms with E-state index in [-0.39, 0.29) is 17.5 Å². The lowest BCUT2D eigenvalue weighted by molar-refractivity contribution is -0.136. The number of benzene rings is 2. The molecule has 1 heterocycles. The Balaban J connectivity index is 1.57. The maximum atomic E-state index is 13.2. The number of anilines is 1. The van der Waals surface area contributed by atoms with Crippen LogP contribution in [0, 0.1) is 0 Å². The van der Waals surface area contributed by atoms with Gasteiger partial charge in [-0.2, -0.15) is 4.31 Å². The molecule has 1 saturated heterocycles. The summed E-state index contributed by atoms with van der Waals surface area (Å²) in [6.45, 7) is 0.604. The van der Waals surface area contributed by atoms with Crippen LogP contribution in [0.25, 0.3) is 0 Å². The van der Waals surface area contributed by atoms with Crippen molar-refractivity contribution in [2.45, 2.75) is 36.6 Å². The third-order valence-electron chi connectivity index (χ3n) is 5.54. The van der Waals surface area contributed by atoms with Crippen molar-refractivity contribution in [2.24, 2.45) is 0 Å². The Labute approximate surface area is 194 Å². The number of hydrogen-bond donors (Lipinski definition) is 2. The summed E-state index contributed by atoms with van der Waals surface area (Å²) in [6.07, 6.45) is 2.79. The Bertz CT molecular complexity index is 1070. The van der Waals surface area contributed by atoms with E-state index in [1.165, 1.54) is 30.7 Å². The number of sulfonamides is 1. The number of amides is 2. The highest BCUT2D eigenvalue weighted by atomic mass is 32.2. The van der Waals surface area contributed by atoms with Crippen LogP contribution in [0.1, 0.15) is 25.7 Å². The van der Waals surface area contributed by atoms with Crippen LogP contribution in [0.15, 0.2) is 53.4 Å². The van der Waals surface area contributed by atoms with Crippen molar-refractivity contribution in [2.75, 3.05) is 32.6 Å². The van der Waals surface area contributed by atoms with Gasteiger partial charge >= 0.3 is 11.8 Å². The molecule has 1 aliphatic heterocycles. The zero-order valence-corrected chi connectivity index (χ0v) is 19.6. The van der Waals surface area contributed by atoms with Gasteiger partial charge in [0.25, 0.3) is 0 Å². The van der Waals surface area contributed by atoms with Gasteiger partial charge in [-0.05, 0) is 55.7 Å². The third-order valence-corrected chi connectivity index (χ3v) is 7.50. The average Bonchev–Trinajstić information content (AvgIpc) is 2.84. The predicted octanol–water partition coefficient (Wildman–Crippen LogP) is 2.39. The molecule has 3 rings (SSSR count). The summed E-state index contributed by atoms with van der Waals surface area (Å²) in [6, 6.07) is 12.7. The largest absolute Gasteiger partial charge is 0.497 e. The molecule has 0 aromatic heterocycles. The first-order valence-electron chi connectivity index (χ1n) is 10.7. The zero-order valence-electron chi connectivity index (χ0n) is 18.7. The number of carbonyl (C=O) groups is 2. The Kier molecular flexibility index (Phi) is 8.29. The molecular formula is C23H29N3O6S. The second-order valence-corrected chi connectivity index (χ2v) is 9.56. The number of ether oxygens (including phenoxy) is 2. The monoisotopic (exact) mass is 475 g/mol. The summed E-state index contributed by atoms with van der Waals surface area (Å²) >= 11 is 0. The van der Waals surface area contributed by atoms with Gasteiger partial charge in [0.15, 0.2) is 0 Å². The molecule has 0 aliphatic carbocycles. The molecule has 0 spiro atoms. The molecule has 2 amide bonds. The maximum Gasteiger partial charge on any atom is 0.313 e. The highest BCUT2D eigenvalue weighted by Crippen LogP contribution is 2.28. The van der Waals surface area contributed by atoms with Gasteiger partial charge < -0.3 is 20.1 Å². The number of methoxy groups -OCH3 is 2. The minimum absolute atomic E-state index is 0.184. The van der Waals surface area contributed by atoms with Gasteiger partial charge in [0.05, 0.1) is 19.1 Å². The van der Waals surface area contributed by atoms with E-state index < -0.39 is 21.8 Å². The Morgan fingerprint density at radius 3 is 2.42 bits per heavy atom.